The zero-order valence-electron chi connectivity index (χ0n) is 19.4. The molecule has 0 saturated heterocycles. The Morgan fingerprint density at radius 1 is 0.875 bits per heavy atom. The second-order valence-corrected chi connectivity index (χ2v) is 8.37. The van der Waals surface area contributed by atoms with E-state index >= 15 is 0 Å². The van der Waals surface area contributed by atoms with Crippen LogP contribution in [0, 0.1) is 20.8 Å². The molecule has 2 heterocycles. The normalized spacial score (nSPS) is 12.2. The number of pyridine rings is 1. The number of rotatable bonds is 7. The molecule has 0 aliphatic rings. The fourth-order valence-electron chi connectivity index (χ4n) is 3.57. The predicted octanol–water partition coefficient (Wildman–Crippen LogP) is 6.90. The van der Waals surface area contributed by atoms with Crippen molar-refractivity contribution in [3.63, 3.8) is 0 Å². The van der Waals surface area contributed by atoms with E-state index in [1.807, 2.05) is 71.0 Å². The molecular formula is C26H29N3O3. The first-order valence-corrected chi connectivity index (χ1v) is 10.9. The molecule has 0 radical (unpaired) electrons. The third-order valence-electron chi connectivity index (χ3n) is 5.45. The van der Waals surface area contributed by atoms with Crippen molar-refractivity contribution >= 4 is 16.7 Å². The van der Waals surface area contributed by atoms with Crippen LogP contribution in [-0.2, 0) is 0 Å². The van der Waals surface area contributed by atoms with Gasteiger partial charge in [-0.2, -0.15) is 0 Å². The van der Waals surface area contributed by atoms with Crippen molar-refractivity contribution < 1.29 is 14.0 Å². The molecule has 4 rings (SSSR count). The molecule has 0 aliphatic heterocycles. The summed E-state index contributed by atoms with van der Waals surface area (Å²) in [4.78, 5) is 4.70. The van der Waals surface area contributed by atoms with Crippen molar-refractivity contribution in [2.75, 3.05) is 5.32 Å². The first-order chi connectivity index (χ1) is 15.3. The molecule has 2 aromatic carbocycles. The molecule has 4 aromatic rings. The van der Waals surface area contributed by atoms with Crippen molar-refractivity contribution in [2.45, 2.75) is 53.7 Å². The van der Waals surface area contributed by atoms with Gasteiger partial charge in [-0.15, -0.1) is 0 Å². The number of hydrogen-bond acceptors (Lipinski definition) is 6. The summed E-state index contributed by atoms with van der Waals surface area (Å²) in [6, 6.07) is 16.0. The molecule has 1 atom stereocenters. The van der Waals surface area contributed by atoms with Gasteiger partial charge in [0.25, 0.3) is 0 Å². The first-order valence-electron chi connectivity index (χ1n) is 10.9. The minimum absolute atomic E-state index is 0.0806. The molecule has 0 fully saturated rings. The zero-order chi connectivity index (χ0) is 22.8. The van der Waals surface area contributed by atoms with Crippen molar-refractivity contribution in [1.29, 1.82) is 0 Å². The third kappa shape index (κ3) is 4.69. The highest BCUT2D eigenvalue weighted by molar-refractivity contribution is 5.80. The molecule has 1 N–H and O–H groups in total. The Bertz CT molecular complexity index is 1250. The second kappa shape index (κ2) is 8.91. The summed E-state index contributed by atoms with van der Waals surface area (Å²) in [5.74, 6) is 3.74. The third-order valence-corrected chi connectivity index (χ3v) is 5.45. The summed E-state index contributed by atoms with van der Waals surface area (Å²) in [7, 11) is 0. The number of nitrogens with one attached hydrogen (secondary N) is 1. The fraction of sp³-hybridized carbons (Fsp3) is 0.308. The standard InChI is InChI=1S/C26H29N3O3/c1-15(2)30-23-10-11-24(18(5)17(23)4)31-26-12-8-21-14-20(7-9-22(21)28-26)19(6)27-25-13-16(3)32-29-25/h7-15,19H,1-6H3,(H,27,29). The van der Waals surface area contributed by atoms with Crippen LogP contribution in [0.15, 0.2) is 53.1 Å². The van der Waals surface area contributed by atoms with Crippen LogP contribution in [0.4, 0.5) is 5.82 Å². The van der Waals surface area contributed by atoms with E-state index in [4.69, 9.17) is 19.0 Å². The van der Waals surface area contributed by atoms with Crippen molar-refractivity contribution in [3.05, 3.63) is 71.0 Å². The van der Waals surface area contributed by atoms with E-state index in [1.54, 1.807) is 0 Å². The molecule has 1 unspecified atom stereocenters. The Kier molecular flexibility index (Phi) is 6.04. The number of hydrogen-bond donors (Lipinski definition) is 1. The van der Waals surface area contributed by atoms with E-state index < -0.39 is 0 Å². The maximum Gasteiger partial charge on any atom is 0.219 e. The Balaban J connectivity index is 1.53. The molecule has 0 saturated carbocycles. The van der Waals surface area contributed by atoms with Gasteiger partial charge in [0.05, 0.1) is 17.7 Å². The van der Waals surface area contributed by atoms with Crippen LogP contribution in [-0.4, -0.2) is 16.2 Å². The van der Waals surface area contributed by atoms with Gasteiger partial charge in [-0.25, -0.2) is 4.98 Å². The highest BCUT2D eigenvalue weighted by atomic mass is 16.5. The van der Waals surface area contributed by atoms with E-state index in [2.05, 4.69) is 29.5 Å². The lowest BCUT2D eigenvalue weighted by Gasteiger charge is -2.17. The number of aryl methyl sites for hydroxylation is 1. The van der Waals surface area contributed by atoms with Gasteiger partial charge in [0.2, 0.25) is 5.88 Å². The van der Waals surface area contributed by atoms with Crippen molar-refractivity contribution in [3.8, 4) is 17.4 Å². The minimum atomic E-state index is 0.0806. The van der Waals surface area contributed by atoms with E-state index in [0.29, 0.717) is 5.88 Å². The van der Waals surface area contributed by atoms with Gasteiger partial charge < -0.3 is 19.3 Å². The molecule has 166 valence electrons. The number of anilines is 1. The molecule has 0 amide bonds. The monoisotopic (exact) mass is 431 g/mol. The first kappa shape index (κ1) is 21.7. The molecule has 2 aromatic heterocycles. The van der Waals surface area contributed by atoms with Gasteiger partial charge in [-0.3, -0.25) is 0 Å². The molecule has 6 nitrogen and oxygen atoms in total. The number of ether oxygens (including phenoxy) is 2. The summed E-state index contributed by atoms with van der Waals surface area (Å²) in [5, 5.41) is 8.41. The van der Waals surface area contributed by atoms with Crippen LogP contribution < -0.4 is 14.8 Å². The summed E-state index contributed by atoms with van der Waals surface area (Å²) < 4.78 is 17.1. The number of nitrogens with zero attached hydrogens (tertiary/aromatic N) is 2. The van der Waals surface area contributed by atoms with Crippen LogP contribution in [0.1, 0.15) is 49.3 Å². The molecular weight excluding hydrogens is 402 g/mol. The fourth-order valence-corrected chi connectivity index (χ4v) is 3.57. The van der Waals surface area contributed by atoms with E-state index in [1.165, 1.54) is 0 Å². The van der Waals surface area contributed by atoms with E-state index in [9.17, 15) is 0 Å². The Labute approximate surface area is 188 Å². The van der Waals surface area contributed by atoms with E-state index in [-0.39, 0.29) is 12.1 Å². The highest BCUT2D eigenvalue weighted by Crippen LogP contribution is 2.33. The lowest BCUT2D eigenvalue weighted by atomic mass is 10.1. The lowest BCUT2D eigenvalue weighted by molar-refractivity contribution is 0.240. The number of aromatic nitrogens is 2. The van der Waals surface area contributed by atoms with E-state index in [0.717, 1.165) is 50.7 Å². The second-order valence-electron chi connectivity index (χ2n) is 8.37. The van der Waals surface area contributed by atoms with Crippen LogP contribution >= 0.6 is 0 Å². The number of benzene rings is 2. The molecule has 0 bridgehead atoms. The van der Waals surface area contributed by atoms with Gasteiger partial charge in [0, 0.05) is 17.5 Å². The summed E-state index contributed by atoms with van der Waals surface area (Å²) in [6.07, 6.45) is 0.130. The maximum absolute atomic E-state index is 6.12. The Morgan fingerprint density at radius 3 is 2.34 bits per heavy atom. The van der Waals surface area contributed by atoms with Crippen LogP contribution in [0.25, 0.3) is 10.9 Å². The summed E-state index contributed by atoms with van der Waals surface area (Å²) in [6.45, 7) is 12.1. The van der Waals surface area contributed by atoms with Crippen LogP contribution in [0.5, 0.6) is 17.4 Å². The number of fused-ring (bicyclic) bond motifs is 1. The average molecular weight is 432 g/mol. The molecule has 0 aliphatic carbocycles. The maximum atomic E-state index is 6.12. The zero-order valence-corrected chi connectivity index (χ0v) is 19.4. The smallest absolute Gasteiger partial charge is 0.219 e. The van der Waals surface area contributed by atoms with Crippen molar-refractivity contribution in [2.24, 2.45) is 0 Å². The van der Waals surface area contributed by atoms with Crippen molar-refractivity contribution in [1.82, 2.24) is 10.1 Å². The summed E-state index contributed by atoms with van der Waals surface area (Å²) in [5.41, 5.74) is 4.14. The van der Waals surface area contributed by atoms with Crippen LogP contribution in [0.2, 0.25) is 0 Å². The molecule has 32 heavy (non-hydrogen) atoms. The summed E-state index contributed by atoms with van der Waals surface area (Å²) >= 11 is 0. The lowest BCUT2D eigenvalue weighted by Crippen LogP contribution is -2.07. The van der Waals surface area contributed by atoms with Crippen LogP contribution in [0.3, 0.4) is 0 Å². The SMILES string of the molecule is Cc1cc(NC(C)c2ccc3nc(Oc4ccc(OC(C)C)c(C)c4C)ccc3c2)no1. The van der Waals surface area contributed by atoms with Gasteiger partial charge in [0.1, 0.15) is 17.3 Å². The predicted molar refractivity (Wildman–Crippen MR) is 127 cm³/mol. The molecule has 0 spiro atoms. The Hall–Kier alpha value is -3.54. The van der Waals surface area contributed by atoms with Gasteiger partial charge in [0.15, 0.2) is 5.82 Å². The average Bonchev–Trinajstić information content (AvgIpc) is 3.17. The van der Waals surface area contributed by atoms with Gasteiger partial charge in [-0.05, 0) is 88.6 Å². The minimum Gasteiger partial charge on any atom is -0.491 e. The topological polar surface area (TPSA) is 69.4 Å². The molecule has 6 heteroatoms. The van der Waals surface area contributed by atoms with Gasteiger partial charge >= 0.3 is 0 Å². The van der Waals surface area contributed by atoms with Gasteiger partial charge in [-0.1, -0.05) is 11.2 Å². The quantitative estimate of drug-likeness (QED) is 0.343. The largest absolute Gasteiger partial charge is 0.491 e. The highest BCUT2D eigenvalue weighted by Gasteiger charge is 2.13. The Morgan fingerprint density at radius 2 is 1.62 bits per heavy atom.